The van der Waals surface area contributed by atoms with Crippen molar-refractivity contribution >= 4 is 5.82 Å². The third-order valence-corrected chi connectivity index (χ3v) is 2.51. The summed E-state index contributed by atoms with van der Waals surface area (Å²) in [6.45, 7) is 7.26. The van der Waals surface area contributed by atoms with E-state index in [0.29, 0.717) is 19.0 Å². The number of nitrogens with two attached hydrogens (primary N) is 1. The zero-order valence-corrected chi connectivity index (χ0v) is 10.9. The van der Waals surface area contributed by atoms with Crippen LogP contribution in [0.1, 0.15) is 26.7 Å². The van der Waals surface area contributed by atoms with Crippen molar-refractivity contribution in [1.29, 1.82) is 0 Å². The van der Waals surface area contributed by atoms with Gasteiger partial charge in [0.15, 0.2) is 0 Å². The number of ether oxygens (including phenoxy) is 1. The summed E-state index contributed by atoms with van der Waals surface area (Å²) in [5.74, 6) is 1.64. The molecule has 0 amide bonds. The van der Waals surface area contributed by atoms with Gasteiger partial charge in [0.05, 0.1) is 6.61 Å². The smallest absolute Gasteiger partial charge is 0.215 e. The van der Waals surface area contributed by atoms with Gasteiger partial charge in [0.1, 0.15) is 5.82 Å². The Morgan fingerprint density at radius 1 is 1.29 bits per heavy atom. The highest BCUT2D eigenvalue weighted by Gasteiger charge is 2.07. The van der Waals surface area contributed by atoms with E-state index in [1.165, 1.54) is 6.42 Å². The molecule has 0 bridgehead atoms. The molecule has 17 heavy (non-hydrogen) atoms. The lowest BCUT2D eigenvalue weighted by Crippen LogP contribution is -2.31. The molecule has 96 valence electrons. The molecule has 0 atom stereocenters. The van der Waals surface area contributed by atoms with E-state index in [9.17, 15) is 0 Å². The van der Waals surface area contributed by atoms with Gasteiger partial charge in [0, 0.05) is 25.7 Å². The van der Waals surface area contributed by atoms with Gasteiger partial charge in [-0.25, -0.2) is 0 Å². The Kier molecular flexibility index (Phi) is 6.40. The molecule has 1 aromatic heterocycles. The van der Waals surface area contributed by atoms with Crippen LogP contribution < -0.4 is 15.4 Å². The van der Waals surface area contributed by atoms with Crippen LogP contribution in [-0.4, -0.2) is 31.2 Å². The highest BCUT2D eigenvalue weighted by atomic mass is 16.5. The summed E-state index contributed by atoms with van der Waals surface area (Å²) in [5, 5.41) is 0. The molecule has 4 heteroatoms. The van der Waals surface area contributed by atoms with Crippen LogP contribution in [0.25, 0.3) is 0 Å². The average molecular weight is 237 g/mol. The molecule has 0 unspecified atom stereocenters. The predicted molar refractivity (Wildman–Crippen MR) is 71.6 cm³/mol. The molecule has 2 N–H and O–H groups in total. The lowest BCUT2D eigenvalue weighted by atomic mass is 10.3. The second-order valence-corrected chi connectivity index (χ2v) is 3.90. The summed E-state index contributed by atoms with van der Waals surface area (Å²) in [6.07, 6.45) is 2.33. The topological polar surface area (TPSA) is 51.4 Å². The SMILES string of the molecule is CCCCN(CCN)c1cccc(OCC)n1. The molecule has 0 saturated carbocycles. The maximum absolute atomic E-state index is 5.63. The molecule has 0 saturated heterocycles. The molecule has 0 aromatic carbocycles. The molecule has 1 rings (SSSR count). The van der Waals surface area contributed by atoms with E-state index >= 15 is 0 Å². The largest absolute Gasteiger partial charge is 0.478 e. The van der Waals surface area contributed by atoms with Crippen molar-refractivity contribution in [2.75, 3.05) is 31.1 Å². The van der Waals surface area contributed by atoms with E-state index in [1.807, 2.05) is 25.1 Å². The molecule has 1 heterocycles. The normalized spacial score (nSPS) is 10.3. The van der Waals surface area contributed by atoms with Crippen LogP contribution in [0.4, 0.5) is 5.82 Å². The van der Waals surface area contributed by atoms with Gasteiger partial charge in [-0.1, -0.05) is 19.4 Å². The molecule has 0 radical (unpaired) electrons. The quantitative estimate of drug-likeness (QED) is 0.752. The number of nitrogens with zero attached hydrogens (tertiary/aromatic N) is 2. The van der Waals surface area contributed by atoms with E-state index in [1.54, 1.807) is 0 Å². The molecule has 0 spiro atoms. The Labute approximate surface area is 104 Å². The Balaban J connectivity index is 2.73. The van der Waals surface area contributed by atoms with Crippen LogP contribution in [0.5, 0.6) is 5.88 Å². The van der Waals surface area contributed by atoms with Gasteiger partial charge >= 0.3 is 0 Å². The van der Waals surface area contributed by atoms with Crippen molar-refractivity contribution in [3.8, 4) is 5.88 Å². The molecule has 0 aliphatic heterocycles. The van der Waals surface area contributed by atoms with Crippen LogP contribution in [0, 0.1) is 0 Å². The number of hydrogen-bond donors (Lipinski definition) is 1. The molecule has 0 fully saturated rings. The van der Waals surface area contributed by atoms with Gasteiger partial charge in [-0.3, -0.25) is 0 Å². The maximum Gasteiger partial charge on any atom is 0.215 e. The van der Waals surface area contributed by atoms with Crippen LogP contribution in [0.15, 0.2) is 18.2 Å². The van der Waals surface area contributed by atoms with Crippen molar-refractivity contribution < 1.29 is 4.74 Å². The fraction of sp³-hybridized carbons (Fsp3) is 0.615. The highest BCUT2D eigenvalue weighted by molar-refractivity contribution is 5.40. The summed E-state index contributed by atoms with van der Waals surface area (Å²) in [5.41, 5.74) is 5.63. The van der Waals surface area contributed by atoms with Gasteiger partial charge in [0.2, 0.25) is 5.88 Å². The van der Waals surface area contributed by atoms with Crippen LogP contribution in [-0.2, 0) is 0 Å². The van der Waals surface area contributed by atoms with Crippen molar-refractivity contribution in [3.05, 3.63) is 18.2 Å². The monoisotopic (exact) mass is 237 g/mol. The van der Waals surface area contributed by atoms with Gasteiger partial charge < -0.3 is 15.4 Å². The van der Waals surface area contributed by atoms with Gasteiger partial charge in [-0.2, -0.15) is 4.98 Å². The summed E-state index contributed by atoms with van der Waals surface area (Å²) < 4.78 is 5.41. The Morgan fingerprint density at radius 2 is 2.12 bits per heavy atom. The third kappa shape index (κ3) is 4.61. The Hall–Kier alpha value is -1.29. The minimum absolute atomic E-state index is 0.641. The van der Waals surface area contributed by atoms with Crippen molar-refractivity contribution in [3.63, 3.8) is 0 Å². The minimum Gasteiger partial charge on any atom is -0.478 e. The van der Waals surface area contributed by atoms with E-state index in [2.05, 4.69) is 16.8 Å². The first-order valence-electron chi connectivity index (χ1n) is 6.36. The first-order valence-corrected chi connectivity index (χ1v) is 6.36. The molecule has 0 aliphatic carbocycles. The fourth-order valence-electron chi connectivity index (χ4n) is 1.65. The van der Waals surface area contributed by atoms with E-state index in [4.69, 9.17) is 10.5 Å². The Morgan fingerprint density at radius 3 is 2.76 bits per heavy atom. The Bertz CT molecular complexity index is 317. The summed E-state index contributed by atoms with van der Waals surface area (Å²) in [6, 6.07) is 5.87. The zero-order valence-electron chi connectivity index (χ0n) is 10.9. The van der Waals surface area contributed by atoms with Crippen molar-refractivity contribution in [1.82, 2.24) is 4.98 Å². The first-order chi connectivity index (χ1) is 8.31. The predicted octanol–water partition coefficient (Wildman–Crippen LogP) is 2.05. The lowest BCUT2D eigenvalue weighted by molar-refractivity contribution is 0.327. The van der Waals surface area contributed by atoms with Crippen molar-refractivity contribution in [2.24, 2.45) is 5.73 Å². The number of anilines is 1. The second kappa shape index (κ2) is 7.90. The average Bonchev–Trinajstić information content (AvgIpc) is 2.35. The number of hydrogen-bond acceptors (Lipinski definition) is 4. The molecular formula is C13H23N3O. The van der Waals surface area contributed by atoms with E-state index < -0.39 is 0 Å². The van der Waals surface area contributed by atoms with Crippen LogP contribution >= 0.6 is 0 Å². The standard InChI is InChI=1S/C13H23N3O/c1-3-5-10-16(11-9-14)12-7-6-8-13(15-12)17-4-2/h6-8H,3-5,9-11,14H2,1-2H3. The van der Waals surface area contributed by atoms with Crippen LogP contribution in [0.3, 0.4) is 0 Å². The third-order valence-electron chi connectivity index (χ3n) is 2.51. The maximum atomic E-state index is 5.63. The lowest BCUT2D eigenvalue weighted by Gasteiger charge is -2.23. The summed E-state index contributed by atoms with van der Waals surface area (Å²) >= 11 is 0. The highest BCUT2D eigenvalue weighted by Crippen LogP contribution is 2.16. The number of rotatable bonds is 8. The van der Waals surface area contributed by atoms with Gasteiger partial charge in [-0.15, -0.1) is 0 Å². The summed E-state index contributed by atoms with van der Waals surface area (Å²) in [4.78, 5) is 6.70. The molecule has 0 aliphatic rings. The first kappa shape index (κ1) is 13.8. The van der Waals surface area contributed by atoms with Gasteiger partial charge in [0.25, 0.3) is 0 Å². The number of aromatic nitrogens is 1. The summed E-state index contributed by atoms with van der Waals surface area (Å²) in [7, 11) is 0. The number of unbranched alkanes of at least 4 members (excludes halogenated alkanes) is 1. The molecule has 1 aromatic rings. The molecule has 4 nitrogen and oxygen atoms in total. The van der Waals surface area contributed by atoms with E-state index in [0.717, 1.165) is 25.3 Å². The minimum atomic E-state index is 0.641. The van der Waals surface area contributed by atoms with E-state index in [-0.39, 0.29) is 0 Å². The van der Waals surface area contributed by atoms with Crippen LogP contribution in [0.2, 0.25) is 0 Å². The number of pyridine rings is 1. The fourth-order valence-corrected chi connectivity index (χ4v) is 1.65. The van der Waals surface area contributed by atoms with Gasteiger partial charge in [-0.05, 0) is 19.4 Å². The second-order valence-electron chi connectivity index (χ2n) is 3.90. The zero-order chi connectivity index (χ0) is 12.5. The van der Waals surface area contributed by atoms with Crippen molar-refractivity contribution in [2.45, 2.75) is 26.7 Å². The molecular weight excluding hydrogens is 214 g/mol.